The van der Waals surface area contributed by atoms with Gasteiger partial charge in [-0.25, -0.2) is 4.79 Å². The van der Waals surface area contributed by atoms with Crippen molar-refractivity contribution in [3.05, 3.63) is 34.8 Å². The minimum Gasteiger partial charge on any atom is -0.408 e. The first kappa shape index (κ1) is 13.4. The highest BCUT2D eigenvalue weighted by molar-refractivity contribution is 5.83. The summed E-state index contributed by atoms with van der Waals surface area (Å²) in [6.07, 6.45) is 0. The molecule has 0 aliphatic carbocycles. The van der Waals surface area contributed by atoms with E-state index in [-0.39, 0.29) is 5.91 Å². The van der Waals surface area contributed by atoms with Crippen molar-refractivity contribution in [2.24, 2.45) is 0 Å². The lowest BCUT2D eigenvalue weighted by Crippen LogP contribution is -2.38. The number of rotatable bonds is 4. The maximum Gasteiger partial charge on any atom is 0.420 e. The molecule has 1 amide bonds. The fourth-order valence-corrected chi connectivity index (χ4v) is 2.26. The second-order valence-corrected chi connectivity index (χ2v) is 4.39. The van der Waals surface area contributed by atoms with E-state index in [0.29, 0.717) is 24.2 Å². The molecule has 0 saturated carbocycles. The summed E-state index contributed by atoms with van der Waals surface area (Å²) in [6, 6.07) is 6.57. The first-order chi connectivity index (χ1) is 9.10. The van der Waals surface area contributed by atoms with Crippen molar-refractivity contribution in [3.8, 4) is 0 Å². The number of aromatic nitrogens is 1. The number of hydrogen-bond donors (Lipinski definition) is 0. The van der Waals surface area contributed by atoms with Crippen LogP contribution in [-0.4, -0.2) is 28.5 Å². The zero-order valence-electron chi connectivity index (χ0n) is 11.4. The molecule has 1 unspecified atom stereocenters. The van der Waals surface area contributed by atoms with Crippen LogP contribution in [0.25, 0.3) is 11.1 Å². The zero-order valence-corrected chi connectivity index (χ0v) is 11.4. The topological polar surface area (TPSA) is 55.5 Å². The Balaban J connectivity index is 2.47. The van der Waals surface area contributed by atoms with Crippen LogP contribution in [0.15, 0.2) is 33.5 Å². The van der Waals surface area contributed by atoms with E-state index >= 15 is 0 Å². The summed E-state index contributed by atoms with van der Waals surface area (Å²) in [7, 11) is 0. The Labute approximate surface area is 111 Å². The molecule has 19 heavy (non-hydrogen) atoms. The van der Waals surface area contributed by atoms with Crippen LogP contribution in [-0.2, 0) is 4.79 Å². The minimum absolute atomic E-state index is 0.0707. The standard InChI is InChI=1S/C14H18N2O3/c1-4-15(5-2)13(17)10(3)16-11-8-6-7-9-12(11)19-14(16)18/h6-10H,4-5H2,1-3H3. The van der Waals surface area contributed by atoms with Gasteiger partial charge in [0.2, 0.25) is 5.91 Å². The summed E-state index contributed by atoms with van der Waals surface area (Å²) in [5.41, 5.74) is 1.16. The van der Waals surface area contributed by atoms with Gasteiger partial charge in [0.05, 0.1) is 5.52 Å². The lowest BCUT2D eigenvalue weighted by molar-refractivity contribution is -0.133. The molecule has 1 heterocycles. The molecule has 0 N–H and O–H groups in total. The third-order valence-electron chi connectivity index (χ3n) is 3.34. The first-order valence-corrected chi connectivity index (χ1v) is 6.49. The van der Waals surface area contributed by atoms with Gasteiger partial charge in [0.25, 0.3) is 0 Å². The van der Waals surface area contributed by atoms with Crippen LogP contribution >= 0.6 is 0 Å². The Morgan fingerprint density at radius 3 is 2.58 bits per heavy atom. The van der Waals surface area contributed by atoms with Crippen LogP contribution in [0, 0.1) is 0 Å². The number of hydrogen-bond acceptors (Lipinski definition) is 3. The average Bonchev–Trinajstić information content (AvgIpc) is 2.75. The van der Waals surface area contributed by atoms with Crippen molar-refractivity contribution in [1.82, 2.24) is 9.47 Å². The smallest absolute Gasteiger partial charge is 0.408 e. The molecule has 1 atom stereocenters. The lowest BCUT2D eigenvalue weighted by atomic mass is 10.2. The van der Waals surface area contributed by atoms with Gasteiger partial charge in [-0.05, 0) is 32.9 Å². The molecule has 2 aromatic rings. The van der Waals surface area contributed by atoms with Gasteiger partial charge >= 0.3 is 5.76 Å². The molecule has 5 heteroatoms. The van der Waals surface area contributed by atoms with E-state index in [0.717, 1.165) is 0 Å². The van der Waals surface area contributed by atoms with E-state index in [1.54, 1.807) is 30.0 Å². The molecule has 2 rings (SSSR count). The molecule has 0 radical (unpaired) electrons. The molecule has 0 saturated heterocycles. The van der Waals surface area contributed by atoms with Crippen molar-refractivity contribution in [1.29, 1.82) is 0 Å². The van der Waals surface area contributed by atoms with Crippen molar-refractivity contribution < 1.29 is 9.21 Å². The number of fused-ring (bicyclic) bond motifs is 1. The summed E-state index contributed by atoms with van der Waals surface area (Å²) >= 11 is 0. The molecule has 0 aliphatic rings. The third-order valence-corrected chi connectivity index (χ3v) is 3.34. The molecule has 0 spiro atoms. The van der Waals surface area contributed by atoms with Gasteiger partial charge in [-0.3, -0.25) is 9.36 Å². The predicted molar refractivity (Wildman–Crippen MR) is 73.1 cm³/mol. The molecule has 0 bridgehead atoms. The Kier molecular flexibility index (Phi) is 3.74. The van der Waals surface area contributed by atoms with Gasteiger partial charge in [-0.2, -0.15) is 0 Å². The monoisotopic (exact) mass is 262 g/mol. The van der Waals surface area contributed by atoms with Crippen LogP contribution in [0.2, 0.25) is 0 Å². The third kappa shape index (κ3) is 2.28. The molecular weight excluding hydrogens is 244 g/mol. The maximum atomic E-state index is 12.3. The Morgan fingerprint density at radius 1 is 1.32 bits per heavy atom. The highest BCUT2D eigenvalue weighted by atomic mass is 16.4. The van der Waals surface area contributed by atoms with Crippen molar-refractivity contribution in [2.45, 2.75) is 26.8 Å². The van der Waals surface area contributed by atoms with Crippen LogP contribution < -0.4 is 5.76 Å². The van der Waals surface area contributed by atoms with E-state index in [9.17, 15) is 9.59 Å². The van der Waals surface area contributed by atoms with E-state index in [2.05, 4.69) is 0 Å². The molecule has 5 nitrogen and oxygen atoms in total. The van der Waals surface area contributed by atoms with Gasteiger partial charge in [-0.15, -0.1) is 0 Å². The minimum atomic E-state index is -0.559. The largest absolute Gasteiger partial charge is 0.420 e. The predicted octanol–water partition coefficient (Wildman–Crippen LogP) is 2.02. The SMILES string of the molecule is CCN(CC)C(=O)C(C)n1c(=O)oc2ccccc21. The summed E-state index contributed by atoms with van der Waals surface area (Å²) in [5, 5.41) is 0. The van der Waals surface area contributed by atoms with Gasteiger partial charge in [0.1, 0.15) is 6.04 Å². The molecule has 1 aromatic heterocycles. The molecule has 0 fully saturated rings. The van der Waals surface area contributed by atoms with Gasteiger partial charge in [0, 0.05) is 13.1 Å². The van der Waals surface area contributed by atoms with Crippen LogP contribution in [0.1, 0.15) is 26.8 Å². The summed E-state index contributed by atoms with van der Waals surface area (Å²) in [6.45, 7) is 6.83. The lowest BCUT2D eigenvalue weighted by Gasteiger charge is -2.23. The highest BCUT2D eigenvalue weighted by Gasteiger charge is 2.24. The molecule has 102 valence electrons. The normalized spacial score (nSPS) is 12.6. The second-order valence-electron chi connectivity index (χ2n) is 4.39. The Bertz CT molecular complexity index is 637. The molecule has 1 aromatic carbocycles. The van der Waals surface area contributed by atoms with Gasteiger partial charge in [0.15, 0.2) is 5.58 Å². The number of benzene rings is 1. The molecular formula is C14H18N2O3. The fourth-order valence-electron chi connectivity index (χ4n) is 2.26. The van der Waals surface area contributed by atoms with E-state index in [4.69, 9.17) is 4.42 Å². The Hall–Kier alpha value is -2.04. The van der Waals surface area contributed by atoms with E-state index in [1.807, 2.05) is 19.9 Å². The van der Waals surface area contributed by atoms with Crippen molar-refractivity contribution in [2.75, 3.05) is 13.1 Å². The quantitative estimate of drug-likeness (QED) is 0.847. The number of para-hydroxylation sites is 2. The van der Waals surface area contributed by atoms with E-state index < -0.39 is 11.8 Å². The number of nitrogens with zero attached hydrogens (tertiary/aromatic N) is 2. The van der Waals surface area contributed by atoms with E-state index in [1.165, 1.54) is 4.57 Å². The number of likely N-dealkylation sites (N-methyl/N-ethyl adjacent to an activating group) is 1. The van der Waals surface area contributed by atoms with Crippen LogP contribution in [0.5, 0.6) is 0 Å². The summed E-state index contributed by atoms with van der Waals surface area (Å²) in [5.74, 6) is -0.562. The number of carbonyl (C=O) groups excluding carboxylic acids is 1. The summed E-state index contributed by atoms with van der Waals surface area (Å²) in [4.78, 5) is 25.9. The number of oxazole rings is 1. The summed E-state index contributed by atoms with van der Waals surface area (Å²) < 4.78 is 6.57. The highest BCUT2D eigenvalue weighted by Crippen LogP contribution is 2.18. The maximum absolute atomic E-state index is 12.3. The number of amides is 1. The molecule has 0 aliphatic heterocycles. The van der Waals surface area contributed by atoms with Gasteiger partial charge < -0.3 is 9.32 Å². The average molecular weight is 262 g/mol. The van der Waals surface area contributed by atoms with Crippen molar-refractivity contribution in [3.63, 3.8) is 0 Å². The fraction of sp³-hybridized carbons (Fsp3) is 0.429. The van der Waals surface area contributed by atoms with Crippen LogP contribution in [0.4, 0.5) is 0 Å². The van der Waals surface area contributed by atoms with Gasteiger partial charge in [-0.1, -0.05) is 12.1 Å². The first-order valence-electron chi connectivity index (χ1n) is 6.49. The van der Waals surface area contributed by atoms with Crippen LogP contribution in [0.3, 0.4) is 0 Å². The van der Waals surface area contributed by atoms with Crippen molar-refractivity contribution >= 4 is 17.0 Å². The number of carbonyl (C=O) groups is 1. The Morgan fingerprint density at radius 2 is 1.95 bits per heavy atom. The zero-order chi connectivity index (χ0) is 14.0. The second kappa shape index (κ2) is 5.30.